The summed E-state index contributed by atoms with van der Waals surface area (Å²) in [4.78, 5) is 0. The van der Waals surface area contributed by atoms with E-state index in [1.54, 1.807) is 0 Å². The van der Waals surface area contributed by atoms with E-state index in [1.165, 1.54) is 0 Å². The van der Waals surface area contributed by atoms with Crippen molar-refractivity contribution < 1.29 is 5.76 Å². The van der Waals surface area contributed by atoms with Crippen LogP contribution in [0.2, 0.25) is 0 Å². The van der Waals surface area contributed by atoms with Crippen LogP contribution < -0.4 is 0 Å². The largest absolute Gasteiger partial charge is 0.251 e. The maximum Gasteiger partial charge on any atom is 0.0894 e. The molecule has 0 spiro atoms. The zero-order valence-electron chi connectivity index (χ0n) is 4.37. The Kier molecular flexibility index (Phi) is 2.46. The van der Waals surface area contributed by atoms with Gasteiger partial charge < -0.3 is 0 Å². The summed E-state index contributed by atoms with van der Waals surface area (Å²) in [6, 6.07) is 0. The van der Waals surface area contributed by atoms with Gasteiger partial charge in [-0.3, -0.25) is 4.39 Å². The highest BCUT2D eigenvalue weighted by molar-refractivity contribution is 4.23. The fourth-order valence-corrected chi connectivity index (χ4v) is 0.109. The molecule has 0 aromatic rings. The van der Waals surface area contributed by atoms with Crippen LogP contribution in [0.3, 0.4) is 0 Å². The van der Waals surface area contributed by atoms with Crippen molar-refractivity contribution in [2.24, 2.45) is 0 Å². The summed E-state index contributed by atoms with van der Waals surface area (Å²) < 4.78 is 17.7. The van der Waals surface area contributed by atoms with Crippen LogP contribution in [0.1, 0.15) is 21.1 Å². The molecule has 1 unspecified atom stereocenters. The van der Waals surface area contributed by atoms with Crippen molar-refractivity contribution in [3.05, 3.63) is 0 Å². The molecule has 0 fully saturated rings. The Morgan fingerprint density at radius 3 is 2.60 bits per heavy atom. The first-order valence-electron chi connectivity index (χ1n) is 2.41. The molecule has 1 heteroatoms. The standard InChI is InChI=1S/C4H9F/c1-2-3-4-5/h2-4H2,1H3/i4D. The molecule has 1 atom stereocenters. The number of halogens is 1. The van der Waals surface area contributed by atoms with Crippen molar-refractivity contribution in [3.63, 3.8) is 0 Å². The molecule has 0 amide bonds. The fraction of sp³-hybridized carbons (Fsp3) is 1.00. The smallest absolute Gasteiger partial charge is 0.0894 e. The van der Waals surface area contributed by atoms with Crippen molar-refractivity contribution in [2.75, 3.05) is 6.65 Å². The monoisotopic (exact) mass is 77.1 g/mol. The summed E-state index contributed by atoms with van der Waals surface area (Å²) in [6.07, 6.45) is 1.14. The van der Waals surface area contributed by atoms with Crippen molar-refractivity contribution in [3.8, 4) is 0 Å². The first kappa shape index (κ1) is 3.13. The van der Waals surface area contributed by atoms with E-state index in [1.807, 2.05) is 6.92 Å². The van der Waals surface area contributed by atoms with Crippen molar-refractivity contribution in [1.29, 1.82) is 0 Å². The van der Waals surface area contributed by atoms with Gasteiger partial charge in [0.2, 0.25) is 0 Å². The Morgan fingerprint density at radius 2 is 2.60 bits per heavy atom. The molecular formula is C4H9F. The summed E-state index contributed by atoms with van der Waals surface area (Å²) >= 11 is 0. The predicted molar refractivity (Wildman–Crippen MR) is 20.9 cm³/mol. The molecule has 0 aromatic carbocycles. The SMILES string of the molecule is [2H]C(F)CCC. The fourth-order valence-electron chi connectivity index (χ4n) is 0.109. The highest BCUT2D eigenvalue weighted by Gasteiger charge is 1.71. The van der Waals surface area contributed by atoms with Crippen LogP contribution in [-0.4, -0.2) is 6.65 Å². The molecule has 0 saturated carbocycles. The first-order valence-corrected chi connectivity index (χ1v) is 1.83. The predicted octanol–water partition coefficient (Wildman–Crippen LogP) is 1.76. The zero-order chi connectivity index (χ0) is 4.99. The van der Waals surface area contributed by atoms with Gasteiger partial charge in [0.15, 0.2) is 0 Å². The number of alkyl halides is 1. The normalized spacial score (nSPS) is 17.6. The van der Waals surface area contributed by atoms with Crippen molar-refractivity contribution >= 4 is 0 Å². The van der Waals surface area contributed by atoms with Crippen LogP contribution in [0.25, 0.3) is 0 Å². The van der Waals surface area contributed by atoms with Gasteiger partial charge in [-0.15, -0.1) is 0 Å². The van der Waals surface area contributed by atoms with E-state index in [4.69, 9.17) is 1.37 Å². The molecule has 0 nitrogen and oxygen atoms in total. The van der Waals surface area contributed by atoms with Crippen LogP contribution in [0.4, 0.5) is 4.39 Å². The average Bonchev–Trinajstić information content (AvgIpc) is 1.35. The summed E-state index contributed by atoms with van der Waals surface area (Å²) in [6.45, 7) is 0.510. The molecule has 5 heavy (non-hydrogen) atoms. The molecule has 32 valence electrons. The zero-order valence-corrected chi connectivity index (χ0v) is 3.37. The lowest BCUT2D eigenvalue weighted by Gasteiger charge is -1.76. The minimum Gasteiger partial charge on any atom is -0.251 e. The Morgan fingerprint density at radius 1 is 2.00 bits per heavy atom. The van der Waals surface area contributed by atoms with Gasteiger partial charge in [0, 0.05) is 0 Å². The van der Waals surface area contributed by atoms with E-state index in [9.17, 15) is 4.39 Å². The molecule has 0 aliphatic rings. The van der Waals surface area contributed by atoms with Crippen LogP contribution in [0.5, 0.6) is 0 Å². The third kappa shape index (κ3) is 3.93. The van der Waals surface area contributed by atoms with Gasteiger partial charge in [0.05, 0.1) is 8.02 Å². The lowest BCUT2D eigenvalue weighted by Crippen LogP contribution is -1.67. The van der Waals surface area contributed by atoms with Gasteiger partial charge in [0.25, 0.3) is 0 Å². The molecule has 0 radical (unpaired) electrons. The van der Waals surface area contributed by atoms with Crippen LogP contribution in [-0.2, 0) is 0 Å². The van der Waals surface area contributed by atoms with Crippen LogP contribution in [0, 0.1) is 0 Å². The first-order chi connectivity index (χ1) is 2.77. The molecule has 0 heterocycles. The second kappa shape index (κ2) is 3.93. The van der Waals surface area contributed by atoms with E-state index < -0.39 is 6.65 Å². The Hall–Kier alpha value is -0.0700. The third-order valence-corrected chi connectivity index (χ3v) is 0.398. The lowest BCUT2D eigenvalue weighted by molar-refractivity contribution is 0.469. The van der Waals surface area contributed by atoms with Gasteiger partial charge in [0.1, 0.15) is 0 Å². The van der Waals surface area contributed by atoms with Crippen molar-refractivity contribution in [2.45, 2.75) is 19.8 Å². The Bertz CT molecular complexity index is 28.7. The van der Waals surface area contributed by atoms with Gasteiger partial charge in [-0.2, -0.15) is 0 Å². The summed E-state index contributed by atoms with van der Waals surface area (Å²) in [5.74, 6) is 0. The van der Waals surface area contributed by atoms with Crippen LogP contribution >= 0.6 is 0 Å². The van der Waals surface area contributed by atoms with Crippen molar-refractivity contribution in [1.82, 2.24) is 0 Å². The topological polar surface area (TPSA) is 0 Å². The van der Waals surface area contributed by atoms with E-state index in [0.717, 1.165) is 6.42 Å². The van der Waals surface area contributed by atoms with Gasteiger partial charge in [-0.25, -0.2) is 0 Å². The maximum absolute atomic E-state index is 11.4. The minimum absolute atomic E-state index is 0.375. The average molecular weight is 77.1 g/mol. The minimum atomic E-state index is -1.35. The molecule has 0 bridgehead atoms. The van der Waals surface area contributed by atoms with Gasteiger partial charge >= 0.3 is 0 Å². The molecule has 0 rings (SSSR count). The summed E-state index contributed by atoms with van der Waals surface area (Å²) in [5.41, 5.74) is 0. The molecule has 0 saturated heterocycles. The highest BCUT2D eigenvalue weighted by Crippen LogP contribution is 1.83. The third-order valence-electron chi connectivity index (χ3n) is 0.398. The second-order valence-corrected chi connectivity index (χ2v) is 0.943. The molecular weight excluding hydrogens is 67.0 g/mol. The molecule has 0 aliphatic heterocycles. The second-order valence-electron chi connectivity index (χ2n) is 0.943. The summed E-state index contributed by atoms with van der Waals surface area (Å²) in [5, 5.41) is 0. The van der Waals surface area contributed by atoms with E-state index in [-0.39, 0.29) is 0 Å². The molecule has 0 N–H and O–H groups in total. The quantitative estimate of drug-likeness (QED) is 0.471. The number of hydrogen-bond acceptors (Lipinski definition) is 0. The maximum atomic E-state index is 11.4. The molecule has 0 aromatic heterocycles. The van der Waals surface area contributed by atoms with Gasteiger partial charge in [-0.1, -0.05) is 13.3 Å². The van der Waals surface area contributed by atoms with E-state index in [0.29, 0.717) is 6.42 Å². The summed E-state index contributed by atoms with van der Waals surface area (Å²) in [7, 11) is 0. The Labute approximate surface area is 33.4 Å². The lowest BCUT2D eigenvalue weighted by atomic mass is 10.4. The number of rotatable bonds is 2. The van der Waals surface area contributed by atoms with E-state index >= 15 is 0 Å². The number of hydrogen-bond donors (Lipinski definition) is 0. The Balaban J connectivity index is 2.63. The molecule has 0 aliphatic carbocycles. The highest BCUT2D eigenvalue weighted by atomic mass is 19.1. The van der Waals surface area contributed by atoms with Crippen LogP contribution in [0.15, 0.2) is 0 Å². The van der Waals surface area contributed by atoms with Gasteiger partial charge in [-0.05, 0) is 6.42 Å². The van der Waals surface area contributed by atoms with E-state index in [2.05, 4.69) is 0 Å².